The summed E-state index contributed by atoms with van der Waals surface area (Å²) >= 11 is 0. The summed E-state index contributed by atoms with van der Waals surface area (Å²) in [6.45, 7) is 0. The van der Waals surface area contributed by atoms with E-state index in [9.17, 15) is 4.39 Å². The van der Waals surface area contributed by atoms with E-state index in [1.54, 1.807) is 18.3 Å². The van der Waals surface area contributed by atoms with Gasteiger partial charge in [0.25, 0.3) is 0 Å². The third-order valence-electron chi connectivity index (χ3n) is 2.99. The van der Waals surface area contributed by atoms with Crippen molar-refractivity contribution in [1.82, 2.24) is 4.98 Å². The van der Waals surface area contributed by atoms with Crippen LogP contribution < -0.4 is 0 Å². The minimum atomic E-state index is -0.237. The summed E-state index contributed by atoms with van der Waals surface area (Å²) in [5, 5.41) is 0. The van der Waals surface area contributed by atoms with E-state index in [1.807, 2.05) is 42.5 Å². The highest BCUT2D eigenvalue weighted by Crippen LogP contribution is 2.32. The van der Waals surface area contributed by atoms with Gasteiger partial charge in [0, 0.05) is 17.3 Å². The Labute approximate surface area is 111 Å². The maximum Gasteiger partial charge on any atom is 0.131 e. The van der Waals surface area contributed by atoms with Crippen molar-refractivity contribution in [2.75, 3.05) is 0 Å². The first-order valence-corrected chi connectivity index (χ1v) is 6.03. The van der Waals surface area contributed by atoms with Crippen molar-refractivity contribution in [2.24, 2.45) is 0 Å². The number of halogens is 1. The zero-order valence-electron chi connectivity index (χ0n) is 10.2. The van der Waals surface area contributed by atoms with Crippen molar-refractivity contribution in [3.63, 3.8) is 0 Å². The molecule has 91 valence electrons. The molecule has 0 unspecified atom stereocenters. The monoisotopic (exact) mass is 248 g/mol. The molecule has 1 heterocycles. The van der Waals surface area contributed by atoms with Gasteiger partial charge in [-0.1, -0.05) is 48.5 Å². The lowest BCUT2D eigenvalue weighted by Gasteiger charge is -2.09. The van der Waals surface area contributed by atoms with E-state index < -0.39 is 0 Å². The zero-order chi connectivity index (χ0) is 13.1. The second-order valence-electron chi connectivity index (χ2n) is 4.19. The van der Waals surface area contributed by atoms with Crippen LogP contribution in [0, 0.1) is 12.0 Å². The fourth-order valence-electron chi connectivity index (χ4n) is 2.09. The number of nitrogens with zero attached hydrogens (tertiary/aromatic N) is 1. The molecule has 0 aliphatic heterocycles. The van der Waals surface area contributed by atoms with Gasteiger partial charge in [0.15, 0.2) is 0 Å². The normalized spacial score (nSPS) is 10.4. The second kappa shape index (κ2) is 5.02. The summed E-state index contributed by atoms with van der Waals surface area (Å²) in [4.78, 5) is 4.03. The van der Waals surface area contributed by atoms with Crippen LogP contribution in [0.25, 0.3) is 22.3 Å². The predicted molar refractivity (Wildman–Crippen MR) is 73.9 cm³/mol. The Bertz CT molecular complexity index is 692. The van der Waals surface area contributed by atoms with Gasteiger partial charge in [0.05, 0.1) is 6.20 Å². The molecule has 0 aliphatic carbocycles. The fourth-order valence-corrected chi connectivity index (χ4v) is 2.09. The maximum absolute atomic E-state index is 13.9. The maximum atomic E-state index is 13.9. The number of pyridine rings is 1. The molecule has 3 rings (SSSR count). The van der Waals surface area contributed by atoms with E-state index in [1.165, 1.54) is 6.07 Å². The SMILES string of the molecule is Fc1ccccc1-c1ccn[c]c1-c1ccccc1. The Kier molecular flexibility index (Phi) is 3.07. The average molecular weight is 248 g/mol. The molecular formula is C17H11FN. The van der Waals surface area contributed by atoms with E-state index in [4.69, 9.17) is 0 Å². The highest BCUT2D eigenvalue weighted by atomic mass is 19.1. The van der Waals surface area contributed by atoms with Gasteiger partial charge in [0.1, 0.15) is 5.82 Å². The summed E-state index contributed by atoms with van der Waals surface area (Å²) in [7, 11) is 0. The van der Waals surface area contributed by atoms with Crippen molar-refractivity contribution >= 4 is 0 Å². The molecule has 19 heavy (non-hydrogen) atoms. The van der Waals surface area contributed by atoms with Crippen LogP contribution in [0.5, 0.6) is 0 Å². The summed E-state index contributed by atoms with van der Waals surface area (Å²) in [6.07, 6.45) is 4.60. The summed E-state index contributed by atoms with van der Waals surface area (Å²) < 4.78 is 13.9. The van der Waals surface area contributed by atoms with Gasteiger partial charge in [-0.2, -0.15) is 0 Å². The van der Waals surface area contributed by atoms with Crippen LogP contribution in [-0.2, 0) is 0 Å². The predicted octanol–water partition coefficient (Wildman–Crippen LogP) is 4.35. The van der Waals surface area contributed by atoms with Crippen molar-refractivity contribution < 1.29 is 4.39 Å². The first kappa shape index (κ1) is 11.6. The third kappa shape index (κ3) is 2.25. The van der Waals surface area contributed by atoms with Gasteiger partial charge < -0.3 is 0 Å². The van der Waals surface area contributed by atoms with E-state index >= 15 is 0 Å². The van der Waals surface area contributed by atoms with Crippen molar-refractivity contribution in [3.8, 4) is 22.3 Å². The van der Waals surface area contributed by atoms with Crippen molar-refractivity contribution in [3.05, 3.63) is 78.9 Å². The molecule has 0 spiro atoms. The van der Waals surface area contributed by atoms with E-state index in [2.05, 4.69) is 11.2 Å². The number of aromatic nitrogens is 1. The number of benzene rings is 2. The van der Waals surface area contributed by atoms with Gasteiger partial charge in [0.2, 0.25) is 0 Å². The number of hydrogen-bond acceptors (Lipinski definition) is 1. The molecule has 1 radical (unpaired) electrons. The molecule has 2 aromatic carbocycles. The van der Waals surface area contributed by atoms with Crippen LogP contribution in [-0.4, -0.2) is 4.98 Å². The Morgan fingerprint density at radius 3 is 2.32 bits per heavy atom. The smallest absolute Gasteiger partial charge is 0.131 e. The lowest BCUT2D eigenvalue weighted by atomic mass is 9.96. The van der Waals surface area contributed by atoms with Crippen LogP contribution >= 0.6 is 0 Å². The highest BCUT2D eigenvalue weighted by Gasteiger charge is 2.10. The topological polar surface area (TPSA) is 12.9 Å². The molecule has 0 N–H and O–H groups in total. The molecule has 0 fully saturated rings. The van der Waals surface area contributed by atoms with E-state index in [0.29, 0.717) is 5.56 Å². The van der Waals surface area contributed by atoms with Crippen molar-refractivity contribution in [1.29, 1.82) is 0 Å². The minimum absolute atomic E-state index is 0.237. The number of rotatable bonds is 2. The molecule has 1 nitrogen and oxygen atoms in total. The van der Waals surface area contributed by atoms with Gasteiger partial charge in [-0.3, -0.25) is 4.98 Å². The second-order valence-corrected chi connectivity index (χ2v) is 4.19. The quantitative estimate of drug-likeness (QED) is 0.656. The molecule has 2 heteroatoms. The van der Waals surface area contributed by atoms with Gasteiger partial charge in [-0.05, 0) is 23.3 Å². The molecule has 0 aliphatic rings. The van der Waals surface area contributed by atoms with E-state index in [0.717, 1.165) is 16.7 Å². The summed E-state index contributed by atoms with van der Waals surface area (Å²) in [5.74, 6) is -0.237. The molecule has 0 amide bonds. The molecule has 1 aromatic heterocycles. The van der Waals surface area contributed by atoms with Gasteiger partial charge in [-0.15, -0.1) is 0 Å². The van der Waals surface area contributed by atoms with Crippen LogP contribution in [0.15, 0.2) is 66.9 Å². The first-order chi connectivity index (χ1) is 9.36. The van der Waals surface area contributed by atoms with Crippen LogP contribution in [0.2, 0.25) is 0 Å². The first-order valence-electron chi connectivity index (χ1n) is 6.03. The van der Waals surface area contributed by atoms with E-state index in [-0.39, 0.29) is 5.82 Å². The Balaban J connectivity index is 2.21. The molecule has 0 atom stereocenters. The molecular weight excluding hydrogens is 237 g/mol. The Morgan fingerprint density at radius 2 is 1.53 bits per heavy atom. The minimum Gasteiger partial charge on any atom is -0.254 e. The van der Waals surface area contributed by atoms with Crippen LogP contribution in [0.3, 0.4) is 0 Å². The number of hydrogen-bond donors (Lipinski definition) is 0. The molecule has 0 saturated heterocycles. The van der Waals surface area contributed by atoms with Gasteiger partial charge >= 0.3 is 0 Å². The lowest BCUT2D eigenvalue weighted by Crippen LogP contribution is -1.89. The average Bonchev–Trinajstić information content (AvgIpc) is 2.49. The Morgan fingerprint density at radius 1 is 0.789 bits per heavy atom. The summed E-state index contributed by atoms with van der Waals surface area (Å²) in [5.41, 5.74) is 3.17. The van der Waals surface area contributed by atoms with Gasteiger partial charge in [-0.25, -0.2) is 4.39 Å². The standard InChI is InChI=1S/C17H11FN/c18-17-9-5-4-8-15(17)14-10-11-19-12-16(14)13-6-2-1-3-7-13/h1-11H. The van der Waals surface area contributed by atoms with Crippen molar-refractivity contribution in [2.45, 2.75) is 0 Å². The van der Waals surface area contributed by atoms with Crippen LogP contribution in [0.4, 0.5) is 4.39 Å². The molecule has 0 bridgehead atoms. The largest absolute Gasteiger partial charge is 0.254 e. The Hall–Kier alpha value is -2.48. The summed E-state index contributed by atoms with van der Waals surface area (Å²) in [6, 6.07) is 18.3. The fraction of sp³-hybridized carbons (Fsp3) is 0. The lowest BCUT2D eigenvalue weighted by molar-refractivity contribution is 0.631. The highest BCUT2D eigenvalue weighted by molar-refractivity contribution is 5.82. The molecule has 3 aromatic rings. The molecule has 0 saturated carbocycles. The zero-order valence-corrected chi connectivity index (χ0v) is 10.2. The third-order valence-corrected chi connectivity index (χ3v) is 2.99. The van der Waals surface area contributed by atoms with Crippen LogP contribution in [0.1, 0.15) is 0 Å².